The van der Waals surface area contributed by atoms with Crippen LogP contribution in [0.1, 0.15) is 30.2 Å². The van der Waals surface area contributed by atoms with Crippen molar-refractivity contribution in [1.82, 2.24) is 0 Å². The van der Waals surface area contributed by atoms with Crippen LogP contribution >= 0.6 is 0 Å². The maximum Gasteiger partial charge on any atom is 0.310 e. The van der Waals surface area contributed by atoms with Crippen LogP contribution in [0.15, 0.2) is 58.7 Å². The third-order valence-electron chi connectivity index (χ3n) is 4.85. The minimum Gasteiger partial charge on any atom is -0.469 e. The normalized spacial score (nSPS) is 24.9. The monoisotopic (exact) mass is 308 g/mol. The van der Waals surface area contributed by atoms with Crippen LogP contribution in [0.4, 0.5) is 0 Å². The molecule has 0 saturated heterocycles. The predicted molar refractivity (Wildman–Crippen MR) is 86.6 cm³/mol. The van der Waals surface area contributed by atoms with Crippen LogP contribution in [0.3, 0.4) is 0 Å². The fourth-order valence-electron chi connectivity index (χ4n) is 3.63. The second-order valence-corrected chi connectivity index (χ2v) is 6.68. The van der Waals surface area contributed by atoms with E-state index in [4.69, 9.17) is 9.15 Å². The summed E-state index contributed by atoms with van der Waals surface area (Å²) in [6.45, 7) is 2.43. The maximum absolute atomic E-state index is 12.1. The highest BCUT2D eigenvalue weighted by Gasteiger charge is 2.56. The van der Waals surface area contributed by atoms with Crippen LogP contribution in [0.25, 0.3) is 0 Å². The van der Waals surface area contributed by atoms with Gasteiger partial charge in [0.25, 0.3) is 0 Å². The van der Waals surface area contributed by atoms with E-state index in [0.717, 1.165) is 24.2 Å². The summed E-state index contributed by atoms with van der Waals surface area (Å²) in [7, 11) is 0. The summed E-state index contributed by atoms with van der Waals surface area (Å²) in [5.41, 5.74) is 3.53. The number of esters is 1. The van der Waals surface area contributed by atoms with Gasteiger partial charge < -0.3 is 9.15 Å². The summed E-state index contributed by atoms with van der Waals surface area (Å²) in [6, 6.07) is 12.2. The second kappa shape index (κ2) is 5.73. The summed E-state index contributed by atoms with van der Waals surface area (Å²) in [5, 5.41) is 0. The Morgan fingerprint density at radius 2 is 2.09 bits per heavy atom. The van der Waals surface area contributed by atoms with Gasteiger partial charge in [0, 0.05) is 12.0 Å². The predicted octanol–water partition coefficient (Wildman–Crippen LogP) is 4.13. The van der Waals surface area contributed by atoms with E-state index in [9.17, 15) is 4.79 Å². The van der Waals surface area contributed by atoms with E-state index in [1.54, 1.807) is 6.26 Å². The van der Waals surface area contributed by atoms with Crippen molar-refractivity contribution in [3.8, 4) is 0 Å². The van der Waals surface area contributed by atoms with E-state index in [2.05, 4.69) is 25.1 Å². The highest BCUT2D eigenvalue weighted by atomic mass is 16.5. The molecule has 2 aliphatic rings. The van der Waals surface area contributed by atoms with Crippen molar-refractivity contribution in [2.45, 2.75) is 26.4 Å². The minimum absolute atomic E-state index is 0.0606. The van der Waals surface area contributed by atoms with Gasteiger partial charge in [0.15, 0.2) is 0 Å². The number of benzene rings is 1. The zero-order valence-corrected chi connectivity index (χ0v) is 13.2. The Bertz CT molecular complexity index is 741. The Hall–Kier alpha value is -2.29. The quantitative estimate of drug-likeness (QED) is 0.616. The molecule has 0 amide bonds. The van der Waals surface area contributed by atoms with Gasteiger partial charge in [0.2, 0.25) is 0 Å². The van der Waals surface area contributed by atoms with Crippen LogP contribution < -0.4 is 0 Å². The Balaban J connectivity index is 1.30. The topological polar surface area (TPSA) is 39.4 Å². The van der Waals surface area contributed by atoms with E-state index in [-0.39, 0.29) is 11.9 Å². The summed E-state index contributed by atoms with van der Waals surface area (Å²) >= 11 is 0. The van der Waals surface area contributed by atoms with E-state index in [1.807, 2.05) is 24.3 Å². The highest BCUT2D eigenvalue weighted by Crippen LogP contribution is 2.56. The van der Waals surface area contributed by atoms with Crippen LogP contribution in [-0.2, 0) is 22.6 Å². The van der Waals surface area contributed by atoms with Crippen molar-refractivity contribution >= 4 is 5.97 Å². The van der Waals surface area contributed by atoms with Crippen molar-refractivity contribution in [2.24, 2.45) is 17.8 Å². The van der Waals surface area contributed by atoms with Crippen LogP contribution in [0.2, 0.25) is 0 Å². The molecule has 0 radical (unpaired) electrons. The zero-order valence-electron chi connectivity index (χ0n) is 13.2. The van der Waals surface area contributed by atoms with Crippen molar-refractivity contribution in [3.63, 3.8) is 0 Å². The number of hydrogen-bond donors (Lipinski definition) is 0. The van der Waals surface area contributed by atoms with Crippen LogP contribution in [0.5, 0.6) is 0 Å². The van der Waals surface area contributed by atoms with E-state index < -0.39 is 0 Å². The maximum atomic E-state index is 12.1. The number of furan rings is 1. The standard InChI is InChI=1S/C20H20O3/c1-13-7-17-18(8-13)19(17)20(21)23-12-15-10-16(22-11-15)9-14-5-3-2-4-6-14/h2-7,10-11,17-19H,8-9,12H2,1H3/t17-,18+,19-/m0/s1. The summed E-state index contributed by atoms with van der Waals surface area (Å²) < 4.78 is 11.0. The van der Waals surface area contributed by atoms with Gasteiger partial charge in [0.05, 0.1) is 12.2 Å². The molecule has 1 aromatic carbocycles. The molecule has 2 aromatic rings. The molecule has 3 atom stereocenters. The highest BCUT2D eigenvalue weighted by molar-refractivity contribution is 5.77. The van der Waals surface area contributed by atoms with Gasteiger partial charge in [-0.1, -0.05) is 42.0 Å². The third-order valence-corrected chi connectivity index (χ3v) is 4.85. The van der Waals surface area contributed by atoms with Crippen molar-refractivity contribution in [1.29, 1.82) is 0 Å². The number of ether oxygens (including phenoxy) is 1. The van der Waals surface area contributed by atoms with Gasteiger partial charge in [-0.25, -0.2) is 0 Å². The lowest BCUT2D eigenvalue weighted by atomic mass is 10.1. The van der Waals surface area contributed by atoms with Gasteiger partial charge in [-0.15, -0.1) is 0 Å². The zero-order chi connectivity index (χ0) is 15.8. The first-order valence-electron chi connectivity index (χ1n) is 8.15. The first-order valence-corrected chi connectivity index (χ1v) is 8.15. The fraction of sp³-hybridized carbons (Fsp3) is 0.350. The van der Waals surface area contributed by atoms with Crippen LogP contribution in [-0.4, -0.2) is 5.97 Å². The lowest BCUT2D eigenvalue weighted by molar-refractivity contribution is -0.147. The molecule has 4 rings (SSSR count). The SMILES string of the molecule is CC1=C[C@H]2[C@@H](C1)[C@H]2C(=O)OCc1coc(Cc2ccccc2)c1. The summed E-state index contributed by atoms with van der Waals surface area (Å²) in [6.07, 6.45) is 5.72. The molecule has 3 heteroatoms. The first kappa shape index (κ1) is 14.3. The number of rotatable bonds is 5. The molecular formula is C20H20O3. The van der Waals surface area contributed by atoms with E-state index in [1.165, 1.54) is 11.1 Å². The average molecular weight is 308 g/mol. The Kier molecular flexibility index (Phi) is 3.56. The number of fused-ring (bicyclic) bond motifs is 1. The molecule has 3 nitrogen and oxygen atoms in total. The summed E-state index contributed by atoms with van der Waals surface area (Å²) in [5.74, 6) is 1.86. The number of allylic oxidation sites excluding steroid dienone is 2. The van der Waals surface area contributed by atoms with Crippen molar-refractivity contribution in [3.05, 3.63) is 71.2 Å². The minimum atomic E-state index is -0.0606. The third kappa shape index (κ3) is 2.96. The molecule has 23 heavy (non-hydrogen) atoms. The molecule has 0 spiro atoms. The smallest absolute Gasteiger partial charge is 0.310 e. The molecule has 0 N–H and O–H groups in total. The molecule has 0 aliphatic heterocycles. The molecule has 1 heterocycles. The lowest BCUT2D eigenvalue weighted by Gasteiger charge is -2.04. The average Bonchev–Trinajstić information content (AvgIpc) is 2.87. The first-order chi connectivity index (χ1) is 11.2. The van der Waals surface area contributed by atoms with Gasteiger partial charge >= 0.3 is 5.97 Å². The molecule has 1 fully saturated rings. The largest absolute Gasteiger partial charge is 0.469 e. The lowest BCUT2D eigenvalue weighted by Crippen LogP contribution is -2.09. The Labute approximate surface area is 136 Å². The molecule has 2 aliphatic carbocycles. The summed E-state index contributed by atoms with van der Waals surface area (Å²) in [4.78, 5) is 12.1. The Morgan fingerprint density at radius 1 is 1.26 bits per heavy atom. The molecule has 118 valence electrons. The number of carbonyl (C=O) groups is 1. The van der Waals surface area contributed by atoms with E-state index in [0.29, 0.717) is 18.4 Å². The number of hydrogen-bond acceptors (Lipinski definition) is 3. The second-order valence-electron chi connectivity index (χ2n) is 6.68. The number of carbonyl (C=O) groups excluding carboxylic acids is 1. The van der Waals surface area contributed by atoms with Crippen molar-refractivity contribution in [2.75, 3.05) is 0 Å². The molecule has 0 unspecified atom stereocenters. The van der Waals surface area contributed by atoms with Gasteiger partial charge in [-0.3, -0.25) is 4.79 Å². The van der Waals surface area contributed by atoms with Crippen LogP contribution in [0, 0.1) is 17.8 Å². The van der Waals surface area contributed by atoms with Gasteiger partial charge in [0.1, 0.15) is 12.4 Å². The molecule has 1 aromatic heterocycles. The molecule has 0 bridgehead atoms. The molecular weight excluding hydrogens is 288 g/mol. The van der Waals surface area contributed by atoms with Crippen molar-refractivity contribution < 1.29 is 13.9 Å². The Morgan fingerprint density at radius 3 is 2.83 bits per heavy atom. The molecule has 1 saturated carbocycles. The van der Waals surface area contributed by atoms with Gasteiger partial charge in [-0.2, -0.15) is 0 Å². The van der Waals surface area contributed by atoms with Gasteiger partial charge in [-0.05, 0) is 36.8 Å². The van der Waals surface area contributed by atoms with E-state index >= 15 is 0 Å². The fourth-order valence-corrected chi connectivity index (χ4v) is 3.63.